The van der Waals surface area contributed by atoms with Gasteiger partial charge in [0.05, 0.1) is 0 Å². The minimum atomic E-state index is -3.58. The normalized spacial score (nSPS) is 11.5. The van der Waals surface area contributed by atoms with Crippen molar-refractivity contribution < 1.29 is 8.42 Å². The van der Waals surface area contributed by atoms with Gasteiger partial charge in [-0.25, -0.2) is 0 Å². The van der Waals surface area contributed by atoms with Gasteiger partial charge in [-0.05, 0) is 36.1 Å². The number of hydrogen-bond donors (Lipinski definition) is 2. The van der Waals surface area contributed by atoms with E-state index in [-0.39, 0.29) is 5.82 Å². The van der Waals surface area contributed by atoms with Gasteiger partial charge in [0.2, 0.25) is 0 Å². The molecule has 0 amide bonds. The molecule has 0 aliphatic carbocycles. The third-order valence-corrected chi connectivity index (χ3v) is 5.06. The Kier molecular flexibility index (Phi) is 5.74. The van der Waals surface area contributed by atoms with Crippen LogP contribution in [0.15, 0.2) is 30.3 Å². The highest BCUT2D eigenvalue weighted by atomic mass is 32.2. The van der Waals surface area contributed by atoms with E-state index in [2.05, 4.69) is 46.2 Å². The number of benzene rings is 1. The molecule has 0 atom stereocenters. The first-order valence-electron chi connectivity index (χ1n) is 7.79. The lowest BCUT2D eigenvalue weighted by atomic mass is 10.0. The molecule has 2 rings (SSSR count). The Morgan fingerprint density at radius 2 is 1.50 bits per heavy atom. The Morgan fingerprint density at radius 3 is 1.96 bits per heavy atom. The molecule has 130 valence electrons. The summed E-state index contributed by atoms with van der Waals surface area (Å²) in [6, 6.07) is 9.49. The minimum absolute atomic E-state index is 0.175. The van der Waals surface area contributed by atoms with Crippen LogP contribution in [-0.2, 0) is 23.1 Å². The predicted octanol–water partition coefficient (Wildman–Crippen LogP) is 2.56. The Balaban J connectivity index is 2.21. The van der Waals surface area contributed by atoms with Crippen molar-refractivity contribution in [2.45, 2.75) is 26.7 Å². The van der Waals surface area contributed by atoms with Crippen LogP contribution in [0.25, 0.3) is 0 Å². The second-order valence-corrected chi connectivity index (χ2v) is 7.36. The molecule has 0 bridgehead atoms. The zero-order chi connectivity index (χ0) is 17.7. The highest BCUT2D eigenvalue weighted by Gasteiger charge is 2.14. The lowest BCUT2D eigenvalue weighted by molar-refractivity contribution is 0.526. The fourth-order valence-corrected chi connectivity index (χ4v) is 2.76. The van der Waals surface area contributed by atoms with Crippen LogP contribution in [0, 0.1) is 0 Å². The first-order valence-corrected chi connectivity index (χ1v) is 9.23. The Morgan fingerprint density at radius 1 is 0.958 bits per heavy atom. The summed E-state index contributed by atoms with van der Waals surface area (Å²) in [4.78, 5) is 0. The third kappa shape index (κ3) is 4.21. The third-order valence-electron chi connectivity index (χ3n) is 3.63. The fraction of sp³-hybridized carbons (Fsp3) is 0.375. The van der Waals surface area contributed by atoms with E-state index in [0.717, 1.165) is 22.8 Å². The van der Waals surface area contributed by atoms with Gasteiger partial charge in [-0.1, -0.05) is 32.0 Å². The summed E-state index contributed by atoms with van der Waals surface area (Å²) < 4.78 is 27.0. The molecule has 8 heteroatoms. The van der Waals surface area contributed by atoms with Gasteiger partial charge in [-0.15, -0.1) is 10.2 Å². The number of aryl methyl sites for hydroxylation is 2. The first-order chi connectivity index (χ1) is 11.4. The lowest BCUT2D eigenvalue weighted by Gasteiger charge is -2.15. The van der Waals surface area contributed by atoms with Gasteiger partial charge >= 0.3 is 10.2 Å². The van der Waals surface area contributed by atoms with Crippen LogP contribution in [0.5, 0.6) is 0 Å². The van der Waals surface area contributed by atoms with Crippen molar-refractivity contribution >= 4 is 27.5 Å². The number of aromatic nitrogens is 2. The van der Waals surface area contributed by atoms with Crippen LogP contribution in [0.3, 0.4) is 0 Å². The molecule has 0 saturated heterocycles. The summed E-state index contributed by atoms with van der Waals surface area (Å²) >= 11 is 0. The van der Waals surface area contributed by atoms with Crippen molar-refractivity contribution in [2.75, 3.05) is 24.1 Å². The standard InChI is InChI=1S/C16H23N5O2S/c1-5-12-8-7-9-13(6-2)16(12)17-14-10-11-15(19-18-14)20-24(22,23)21(3)4/h7-11H,5-6H2,1-4H3,(H,17,18)(H,19,20). The molecule has 0 radical (unpaired) electrons. The van der Waals surface area contributed by atoms with E-state index >= 15 is 0 Å². The smallest absolute Gasteiger partial charge is 0.302 e. The van der Waals surface area contributed by atoms with E-state index in [1.165, 1.54) is 25.2 Å². The van der Waals surface area contributed by atoms with Gasteiger partial charge in [0.25, 0.3) is 0 Å². The molecule has 2 N–H and O–H groups in total. The molecule has 7 nitrogen and oxygen atoms in total. The van der Waals surface area contributed by atoms with Crippen molar-refractivity contribution in [3.63, 3.8) is 0 Å². The average molecular weight is 349 g/mol. The number of nitrogens with zero attached hydrogens (tertiary/aromatic N) is 3. The summed E-state index contributed by atoms with van der Waals surface area (Å²) in [6.07, 6.45) is 1.81. The van der Waals surface area contributed by atoms with E-state index < -0.39 is 10.2 Å². The van der Waals surface area contributed by atoms with Crippen LogP contribution in [0.2, 0.25) is 0 Å². The molecular weight excluding hydrogens is 326 g/mol. The van der Waals surface area contributed by atoms with E-state index in [0.29, 0.717) is 5.82 Å². The SMILES string of the molecule is CCc1cccc(CC)c1Nc1ccc(NS(=O)(=O)N(C)C)nn1. The minimum Gasteiger partial charge on any atom is -0.338 e. The Hall–Kier alpha value is -2.19. The van der Waals surface area contributed by atoms with Gasteiger partial charge in [-0.2, -0.15) is 12.7 Å². The van der Waals surface area contributed by atoms with Gasteiger partial charge in [0.15, 0.2) is 11.6 Å². The monoisotopic (exact) mass is 349 g/mol. The topological polar surface area (TPSA) is 87.2 Å². The molecule has 0 unspecified atom stereocenters. The lowest BCUT2D eigenvalue weighted by Crippen LogP contribution is -2.29. The average Bonchev–Trinajstić information content (AvgIpc) is 2.56. The number of rotatable bonds is 7. The summed E-state index contributed by atoms with van der Waals surface area (Å²) in [5, 5.41) is 11.3. The summed E-state index contributed by atoms with van der Waals surface area (Å²) in [6.45, 7) is 4.20. The molecule has 0 saturated carbocycles. The van der Waals surface area contributed by atoms with E-state index in [4.69, 9.17) is 0 Å². The highest BCUT2D eigenvalue weighted by Crippen LogP contribution is 2.25. The van der Waals surface area contributed by atoms with Crippen molar-refractivity contribution in [3.05, 3.63) is 41.5 Å². The van der Waals surface area contributed by atoms with E-state index in [1.54, 1.807) is 12.1 Å². The number of nitrogens with one attached hydrogen (secondary N) is 2. The Bertz CT molecular complexity index is 766. The molecular formula is C16H23N5O2S. The molecule has 0 aliphatic heterocycles. The fourth-order valence-electron chi connectivity index (χ4n) is 2.21. The van der Waals surface area contributed by atoms with E-state index in [1.807, 2.05) is 6.07 Å². The molecule has 0 aliphatic rings. The molecule has 1 heterocycles. The Labute approximate surface area is 143 Å². The van der Waals surface area contributed by atoms with Crippen LogP contribution < -0.4 is 10.0 Å². The second-order valence-electron chi connectivity index (χ2n) is 5.48. The van der Waals surface area contributed by atoms with Crippen molar-refractivity contribution in [3.8, 4) is 0 Å². The second kappa shape index (κ2) is 7.59. The van der Waals surface area contributed by atoms with Crippen LogP contribution in [0.1, 0.15) is 25.0 Å². The summed E-state index contributed by atoms with van der Waals surface area (Å²) in [5.74, 6) is 0.743. The number of hydrogen-bond acceptors (Lipinski definition) is 5. The van der Waals surface area contributed by atoms with Crippen LogP contribution in [0.4, 0.5) is 17.3 Å². The maximum atomic E-state index is 11.8. The molecule has 1 aromatic carbocycles. The molecule has 2 aromatic rings. The molecule has 1 aromatic heterocycles. The van der Waals surface area contributed by atoms with Crippen molar-refractivity contribution in [1.82, 2.24) is 14.5 Å². The van der Waals surface area contributed by atoms with Crippen molar-refractivity contribution in [2.24, 2.45) is 0 Å². The van der Waals surface area contributed by atoms with Gasteiger partial charge in [0, 0.05) is 19.8 Å². The van der Waals surface area contributed by atoms with Crippen LogP contribution in [-0.4, -0.2) is 37.0 Å². The van der Waals surface area contributed by atoms with Gasteiger partial charge < -0.3 is 5.32 Å². The maximum Gasteiger partial charge on any atom is 0.302 e. The molecule has 0 spiro atoms. The largest absolute Gasteiger partial charge is 0.338 e. The molecule has 24 heavy (non-hydrogen) atoms. The molecule has 0 fully saturated rings. The first kappa shape index (κ1) is 18.2. The quantitative estimate of drug-likeness (QED) is 0.802. The van der Waals surface area contributed by atoms with E-state index in [9.17, 15) is 8.42 Å². The highest BCUT2D eigenvalue weighted by molar-refractivity contribution is 7.90. The van der Waals surface area contributed by atoms with Gasteiger partial charge in [0.1, 0.15) is 0 Å². The predicted molar refractivity (Wildman–Crippen MR) is 96.7 cm³/mol. The van der Waals surface area contributed by atoms with Gasteiger partial charge in [-0.3, -0.25) is 4.72 Å². The number of para-hydroxylation sites is 1. The zero-order valence-electron chi connectivity index (χ0n) is 14.4. The van der Waals surface area contributed by atoms with Crippen LogP contribution >= 0.6 is 0 Å². The summed E-state index contributed by atoms with van der Waals surface area (Å²) in [7, 11) is -0.696. The summed E-state index contributed by atoms with van der Waals surface area (Å²) in [5.41, 5.74) is 3.44. The number of anilines is 3. The zero-order valence-corrected chi connectivity index (χ0v) is 15.2. The van der Waals surface area contributed by atoms with Crippen molar-refractivity contribution in [1.29, 1.82) is 0 Å². The maximum absolute atomic E-state index is 11.8.